The molecule has 1 aromatic heterocycles. The van der Waals surface area contributed by atoms with Crippen LogP contribution in [0.2, 0.25) is 0 Å². The molecule has 1 N–H and O–H groups in total. The van der Waals surface area contributed by atoms with Crippen LogP contribution in [-0.4, -0.2) is 31.0 Å². The minimum absolute atomic E-state index is 0.0166. The first-order valence-electron chi connectivity index (χ1n) is 10.5. The number of aryl methyl sites for hydroxylation is 1. The third kappa shape index (κ3) is 3.96. The van der Waals surface area contributed by atoms with Crippen molar-refractivity contribution in [2.45, 2.75) is 57.9 Å². The average Bonchev–Trinajstić information content (AvgIpc) is 3.06. The van der Waals surface area contributed by atoms with E-state index in [-0.39, 0.29) is 11.9 Å². The third-order valence-corrected chi connectivity index (χ3v) is 7.16. The average molecular weight is 399 g/mol. The van der Waals surface area contributed by atoms with Gasteiger partial charge in [-0.3, -0.25) is 9.69 Å². The largest absolute Gasteiger partial charge is 0.497 e. The Labute approximate surface area is 171 Å². The van der Waals surface area contributed by atoms with Gasteiger partial charge in [0.05, 0.1) is 13.2 Å². The molecular formula is C23H30N2O2S. The number of nitrogens with zero attached hydrogens (tertiary/aromatic N) is 1. The molecule has 28 heavy (non-hydrogen) atoms. The van der Waals surface area contributed by atoms with E-state index in [9.17, 15) is 4.79 Å². The Morgan fingerprint density at radius 3 is 2.68 bits per heavy atom. The molecule has 0 radical (unpaired) electrons. The molecule has 0 bridgehead atoms. The van der Waals surface area contributed by atoms with Crippen molar-refractivity contribution in [3.63, 3.8) is 0 Å². The predicted molar refractivity (Wildman–Crippen MR) is 116 cm³/mol. The van der Waals surface area contributed by atoms with Crippen molar-refractivity contribution in [1.29, 1.82) is 0 Å². The molecule has 1 saturated heterocycles. The van der Waals surface area contributed by atoms with Gasteiger partial charge in [-0.05, 0) is 74.9 Å². The number of carbonyl (C=O) groups is 1. The number of methoxy groups -OCH3 is 1. The summed E-state index contributed by atoms with van der Waals surface area (Å²) in [5.41, 5.74) is 4.09. The van der Waals surface area contributed by atoms with Crippen LogP contribution in [-0.2, 0) is 17.6 Å². The van der Waals surface area contributed by atoms with Gasteiger partial charge >= 0.3 is 0 Å². The molecule has 2 aromatic rings. The van der Waals surface area contributed by atoms with Gasteiger partial charge in [0.1, 0.15) is 10.8 Å². The molecule has 1 atom stereocenters. The molecule has 4 rings (SSSR count). The normalized spacial score (nSPS) is 18.4. The van der Waals surface area contributed by atoms with Crippen molar-refractivity contribution >= 4 is 22.2 Å². The highest BCUT2D eigenvalue weighted by molar-refractivity contribution is 7.16. The molecule has 0 saturated carbocycles. The van der Waals surface area contributed by atoms with Crippen molar-refractivity contribution in [3.8, 4) is 5.75 Å². The van der Waals surface area contributed by atoms with Crippen molar-refractivity contribution in [2.75, 3.05) is 25.5 Å². The fourth-order valence-electron chi connectivity index (χ4n) is 4.68. The highest BCUT2D eigenvalue weighted by atomic mass is 32.1. The minimum Gasteiger partial charge on any atom is -0.497 e. The summed E-state index contributed by atoms with van der Waals surface area (Å²) in [6.07, 6.45) is 8.53. The Hall–Kier alpha value is -1.85. The van der Waals surface area contributed by atoms with Gasteiger partial charge in [0.2, 0.25) is 5.91 Å². The van der Waals surface area contributed by atoms with E-state index in [4.69, 9.17) is 4.74 Å². The zero-order valence-electron chi connectivity index (χ0n) is 16.9. The number of thiophene rings is 1. The van der Waals surface area contributed by atoms with Crippen LogP contribution in [0.5, 0.6) is 5.75 Å². The summed E-state index contributed by atoms with van der Waals surface area (Å²) in [7, 11) is 1.73. The molecular weight excluding hydrogens is 368 g/mol. The number of benzene rings is 1. The van der Waals surface area contributed by atoms with E-state index < -0.39 is 0 Å². The summed E-state index contributed by atoms with van der Waals surface area (Å²) in [5, 5.41) is 4.22. The van der Waals surface area contributed by atoms with Crippen LogP contribution in [0, 0.1) is 0 Å². The summed E-state index contributed by atoms with van der Waals surface area (Å²) < 4.78 is 5.53. The number of piperidine rings is 1. The number of hydrogen-bond donors (Lipinski definition) is 1. The number of nitrogens with one attached hydrogen (secondary N) is 1. The predicted octanol–water partition coefficient (Wildman–Crippen LogP) is 5.17. The maximum atomic E-state index is 12.0. The maximum Gasteiger partial charge on any atom is 0.221 e. The third-order valence-electron chi connectivity index (χ3n) is 5.94. The lowest BCUT2D eigenvalue weighted by Crippen LogP contribution is -2.35. The molecule has 1 amide bonds. The number of amides is 1. The van der Waals surface area contributed by atoms with Gasteiger partial charge in [0, 0.05) is 17.4 Å². The summed E-state index contributed by atoms with van der Waals surface area (Å²) >= 11 is 1.80. The Kier molecular flexibility index (Phi) is 6.02. The van der Waals surface area contributed by atoms with Crippen molar-refractivity contribution in [3.05, 3.63) is 45.8 Å². The maximum absolute atomic E-state index is 12.0. The highest BCUT2D eigenvalue weighted by Crippen LogP contribution is 2.46. The summed E-state index contributed by atoms with van der Waals surface area (Å²) in [5.74, 6) is 0.910. The van der Waals surface area contributed by atoms with E-state index in [1.807, 2.05) is 6.07 Å². The smallest absolute Gasteiger partial charge is 0.221 e. The number of ether oxygens (including phenoxy) is 1. The SMILES string of the molecule is COc1cccc(C(c2c(NC(C)=O)sc3c2CCCC3)N2CCCCC2)c1. The first-order valence-corrected chi connectivity index (χ1v) is 11.3. The molecule has 5 heteroatoms. The Morgan fingerprint density at radius 1 is 1.14 bits per heavy atom. The number of likely N-dealkylation sites (tertiary alicyclic amines) is 1. The molecule has 1 aromatic carbocycles. The van der Waals surface area contributed by atoms with Crippen molar-refractivity contribution < 1.29 is 9.53 Å². The lowest BCUT2D eigenvalue weighted by atomic mass is 9.88. The van der Waals surface area contributed by atoms with Crippen LogP contribution in [0.1, 0.15) is 66.6 Å². The van der Waals surface area contributed by atoms with Crippen molar-refractivity contribution in [1.82, 2.24) is 4.90 Å². The van der Waals surface area contributed by atoms with E-state index in [0.29, 0.717) is 0 Å². The van der Waals surface area contributed by atoms with Gasteiger partial charge in [0.15, 0.2) is 0 Å². The van der Waals surface area contributed by atoms with E-state index in [2.05, 4.69) is 28.4 Å². The summed E-state index contributed by atoms with van der Waals surface area (Å²) in [6.45, 7) is 3.82. The zero-order valence-corrected chi connectivity index (χ0v) is 17.7. The van der Waals surface area contributed by atoms with E-state index >= 15 is 0 Å². The van der Waals surface area contributed by atoms with Crippen LogP contribution in [0.4, 0.5) is 5.00 Å². The van der Waals surface area contributed by atoms with Crippen LogP contribution in [0.3, 0.4) is 0 Å². The Morgan fingerprint density at radius 2 is 1.93 bits per heavy atom. The van der Waals surface area contributed by atoms with Crippen molar-refractivity contribution in [2.24, 2.45) is 0 Å². The number of anilines is 1. The molecule has 1 aliphatic heterocycles. The molecule has 1 unspecified atom stereocenters. The van der Waals surface area contributed by atoms with Gasteiger partial charge in [0.25, 0.3) is 0 Å². The van der Waals surface area contributed by atoms with E-state index in [1.54, 1.807) is 25.4 Å². The number of hydrogen-bond acceptors (Lipinski definition) is 4. The van der Waals surface area contributed by atoms with Gasteiger partial charge in [-0.25, -0.2) is 0 Å². The van der Waals surface area contributed by atoms with Crippen LogP contribution >= 0.6 is 11.3 Å². The monoisotopic (exact) mass is 398 g/mol. The molecule has 4 nitrogen and oxygen atoms in total. The van der Waals surface area contributed by atoms with Crippen LogP contribution in [0.25, 0.3) is 0 Å². The van der Waals surface area contributed by atoms with Gasteiger partial charge in [-0.15, -0.1) is 11.3 Å². The van der Waals surface area contributed by atoms with Gasteiger partial charge in [-0.1, -0.05) is 18.6 Å². The quantitative estimate of drug-likeness (QED) is 0.755. The van der Waals surface area contributed by atoms with Crippen LogP contribution in [0.15, 0.2) is 24.3 Å². The Balaban J connectivity index is 1.85. The van der Waals surface area contributed by atoms with Crippen LogP contribution < -0.4 is 10.1 Å². The van der Waals surface area contributed by atoms with E-state index in [1.165, 1.54) is 53.7 Å². The minimum atomic E-state index is 0.0166. The number of fused-ring (bicyclic) bond motifs is 1. The molecule has 1 aliphatic carbocycles. The second-order valence-electron chi connectivity index (χ2n) is 7.91. The zero-order chi connectivity index (χ0) is 19.5. The lowest BCUT2D eigenvalue weighted by Gasteiger charge is -2.36. The van der Waals surface area contributed by atoms with E-state index in [0.717, 1.165) is 36.7 Å². The molecule has 2 aliphatic rings. The molecule has 150 valence electrons. The fourth-order valence-corrected chi connectivity index (χ4v) is 6.05. The molecule has 1 fully saturated rings. The van der Waals surface area contributed by atoms with Gasteiger partial charge < -0.3 is 10.1 Å². The fraction of sp³-hybridized carbons (Fsp3) is 0.522. The first kappa shape index (κ1) is 19.5. The van der Waals surface area contributed by atoms with Gasteiger partial charge in [-0.2, -0.15) is 0 Å². The lowest BCUT2D eigenvalue weighted by molar-refractivity contribution is -0.114. The highest BCUT2D eigenvalue weighted by Gasteiger charge is 2.32. The number of carbonyl (C=O) groups excluding carboxylic acids is 1. The molecule has 2 heterocycles. The standard InChI is InChI=1S/C23H30N2O2S/c1-16(26)24-23-21(19-11-4-5-12-20(19)28-23)22(25-13-6-3-7-14-25)17-9-8-10-18(15-17)27-2/h8-10,15,22H,3-7,11-14H2,1-2H3,(H,24,26). The second kappa shape index (κ2) is 8.66. The number of rotatable bonds is 5. The topological polar surface area (TPSA) is 41.6 Å². The first-order chi connectivity index (χ1) is 13.7. The summed E-state index contributed by atoms with van der Waals surface area (Å²) in [6, 6.07) is 8.65. The summed E-state index contributed by atoms with van der Waals surface area (Å²) in [4.78, 5) is 16.1. The molecule has 0 spiro atoms. The Bertz CT molecular complexity index is 839. The second-order valence-corrected chi connectivity index (χ2v) is 9.02.